The summed E-state index contributed by atoms with van der Waals surface area (Å²) in [6.07, 6.45) is 26.9. The molecule has 0 N–H and O–H groups in total. The van der Waals surface area contributed by atoms with E-state index in [-0.39, 0.29) is 31.1 Å². The Morgan fingerprint density at radius 1 is 0.467 bits per heavy atom. The molecule has 6 heteroatoms. The number of hydrogen-bond acceptors (Lipinski definition) is 6. The first kappa shape index (κ1) is 43.4. The van der Waals surface area contributed by atoms with Crippen molar-refractivity contribution in [3.63, 3.8) is 0 Å². The second-order valence-electron chi connectivity index (χ2n) is 13.9. The SMILES string of the molecule is CCCCCCCC(=O)OC[C@H](COC(=O)CCCCCCCCCC(C)C)OC(=O)CCCCCCCCCCC(C)CC. The van der Waals surface area contributed by atoms with Crippen LogP contribution in [0.2, 0.25) is 0 Å². The van der Waals surface area contributed by atoms with Crippen molar-refractivity contribution in [2.45, 2.75) is 208 Å². The minimum atomic E-state index is -0.758. The van der Waals surface area contributed by atoms with E-state index in [9.17, 15) is 14.4 Å². The van der Waals surface area contributed by atoms with E-state index in [0.29, 0.717) is 19.3 Å². The Kier molecular flexibility index (Phi) is 31.2. The third-order valence-corrected chi connectivity index (χ3v) is 8.83. The average Bonchev–Trinajstić information content (AvgIpc) is 3.01. The van der Waals surface area contributed by atoms with E-state index in [2.05, 4.69) is 34.6 Å². The summed E-state index contributed by atoms with van der Waals surface area (Å²) in [5, 5.41) is 0. The molecule has 0 aliphatic carbocycles. The lowest BCUT2D eigenvalue weighted by Crippen LogP contribution is -2.30. The molecule has 6 nitrogen and oxygen atoms in total. The van der Waals surface area contributed by atoms with Gasteiger partial charge in [-0.1, -0.05) is 163 Å². The standard InChI is InChI=1S/C39H74O6/c1-6-8-9-17-24-29-37(40)43-32-36(33-44-38(41)30-25-20-16-12-13-18-22-27-34(3)4)45-39(42)31-26-21-15-11-10-14-19-23-28-35(5)7-2/h34-36H,6-33H2,1-5H3/t35?,36-/m1/s1. The summed E-state index contributed by atoms with van der Waals surface area (Å²) in [5.74, 6) is 0.742. The maximum absolute atomic E-state index is 12.6. The first-order chi connectivity index (χ1) is 21.8. The Balaban J connectivity index is 4.30. The molecule has 0 aliphatic heterocycles. The lowest BCUT2D eigenvalue weighted by Gasteiger charge is -2.18. The van der Waals surface area contributed by atoms with E-state index < -0.39 is 6.10 Å². The molecule has 0 bridgehead atoms. The van der Waals surface area contributed by atoms with Crippen molar-refractivity contribution in [1.82, 2.24) is 0 Å². The fourth-order valence-electron chi connectivity index (χ4n) is 5.48. The molecule has 0 aromatic rings. The third-order valence-electron chi connectivity index (χ3n) is 8.83. The zero-order chi connectivity index (χ0) is 33.4. The summed E-state index contributed by atoms with van der Waals surface area (Å²) in [5.41, 5.74) is 0. The van der Waals surface area contributed by atoms with Gasteiger partial charge in [0.05, 0.1) is 0 Å². The number of rotatable bonds is 33. The zero-order valence-corrected chi connectivity index (χ0v) is 30.5. The molecule has 1 unspecified atom stereocenters. The lowest BCUT2D eigenvalue weighted by atomic mass is 9.99. The van der Waals surface area contributed by atoms with Gasteiger partial charge < -0.3 is 14.2 Å². The Labute approximate surface area is 278 Å². The van der Waals surface area contributed by atoms with Crippen molar-refractivity contribution >= 4 is 17.9 Å². The predicted octanol–water partition coefficient (Wildman–Crippen LogP) is 11.5. The first-order valence-electron chi connectivity index (χ1n) is 19.3. The fraction of sp³-hybridized carbons (Fsp3) is 0.923. The van der Waals surface area contributed by atoms with E-state index >= 15 is 0 Å². The van der Waals surface area contributed by atoms with E-state index in [4.69, 9.17) is 14.2 Å². The Morgan fingerprint density at radius 3 is 1.27 bits per heavy atom. The molecule has 0 heterocycles. The van der Waals surface area contributed by atoms with Crippen LogP contribution in [0.3, 0.4) is 0 Å². The molecule has 0 amide bonds. The molecule has 0 spiro atoms. The molecule has 45 heavy (non-hydrogen) atoms. The fourth-order valence-corrected chi connectivity index (χ4v) is 5.48. The Hall–Kier alpha value is -1.59. The highest BCUT2D eigenvalue weighted by Gasteiger charge is 2.19. The summed E-state index contributed by atoms with van der Waals surface area (Å²) in [4.78, 5) is 37.2. The molecule has 0 saturated heterocycles. The van der Waals surface area contributed by atoms with E-state index in [1.54, 1.807) is 0 Å². The van der Waals surface area contributed by atoms with E-state index in [1.807, 2.05) is 0 Å². The highest BCUT2D eigenvalue weighted by atomic mass is 16.6. The van der Waals surface area contributed by atoms with Gasteiger partial charge in [0.2, 0.25) is 0 Å². The van der Waals surface area contributed by atoms with Crippen LogP contribution in [0.5, 0.6) is 0 Å². The second kappa shape index (κ2) is 32.4. The van der Waals surface area contributed by atoms with Crippen molar-refractivity contribution in [3.05, 3.63) is 0 Å². The number of esters is 3. The minimum absolute atomic E-state index is 0.0682. The molecule has 0 aliphatic rings. The molecule has 0 aromatic carbocycles. The number of carbonyl (C=O) groups excluding carboxylic acids is 3. The van der Waals surface area contributed by atoms with Gasteiger partial charge in [-0.3, -0.25) is 14.4 Å². The smallest absolute Gasteiger partial charge is 0.306 e. The van der Waals surface area contributed by atoms with Crippen molar-refractivity contribution in [2.75, 3.05) is 13.2 Å². The van der Waals surface area contributed by atoms with Crippen LogP contribution in [0, 0.1) is 11.8 Å². The van der Waals surface area contributed by atoms with Crippen LogP contribution < -0.4 is 0 Å². The van der Waals surface area contributed by atoms with Crippen LogP contribution in [0.15, 0.2) is 0 Å². The van der Waals surface area contributed by atoms with Gasteiger partial charge in [0, 0.05) is 19.3 Å². The number of carbonyl (C=O) groups is 3. The van der Waals surface area contributed by atoms with Gasteiger partial charge in [-0.25, -0.2) is 0 Å². The Morgan fingerprint density at radius 2 is 0.844 bits per heavy atom. The molecular formula is C39H74O6. The highest BCUT2D eigenvalue weighted by molar-refractivity contribution is 5.71. The van der Waals surface area contributed by atoms with E-state index in [0.717, 1.165) is 76.0 Å². The van der Waals surface area contributed by atoms with Gasteiger partial charge in [0.1, 0.15) is 13.2 Å². The minimum Gasteiger partial charge on any atom is -0.462 e. The summed E-state index contributed by atoms with van der Waals surface area (Å²) in [6, 6.07) is 0. The average molecular weight is 639 g/mol. The van der Waals surface area contributed by atoms with Crippen LogP contribution in [0.25, 0.3) is 0 Å². The van der Waals surface area contributed by atoms with Crippen molar-refractivity contribution in [1.29, 1.82) is 0 Å². The highest BCUT2D eigenvalue weighted by Crippen LogP contribution is 2.16. The predicted molar refractivity (Wildman–Crippen MR) is 187 cm³/mol. The van der Waals surface area contributed by atoms with Gasteiger partial charge in [0.25, 0.3) is 0 Å². The summed E-state index contributed by atoms with van der Waals surface area (Å²) in [6.45, 7) is 11.2. The molecule has 0 rings (SSSR count). The van der Waals surface area contributed by atoms with Crippen LogP contribution >= 0.6 is 0 Å². The van der Waals surface area contributed by atoms with Gasteiger partial charge >= 0.3 is 17.9 Å². The number of unbranched alkanes of at least 4 members (excludes halogenated alkanes) is 17. The largest absolute Gasteiger partial charge is 0.462 e. The van der Waals surface area contributed by atoms with Gasteiger partial charge in [0.15, 0.2) is 6.10 Å². The maximum atomic E-state index is 12.6. The quantitative estimate of drug-likeness (QED) is 0.0404. The van der Waals surface area contributed by atoms with Crippen molar-refractivity contribution in [2.24, 2.45) is 11.8 Å². The normalized spacial score (nSPS) is 12.7. The van der Waals surface area contributed by atoms with Crippen molar-refractivity contribution < 1.29 is 28.6 Å². The number of hydrogen-bond donors (Lipinski definition) is 0. The molecular weight excluding hydrogens is 564 g/mol. The number of ether oxygens (including phenoxy) is 3. The molecule has 0 fully saturated rings. The first-order valence-corrected chi connectivity index (χ1v) is 19.3. The zero-order valence-electron chi connectivity index (χ0n) is 30.5. The van der Waals surface area contributed by atoms with Crippen LogP contribution in [0.4, 0.5) is 0 Å². The van der Waals surface area contributed by atoms with E-state index in [1.165, 1.54) is 83.5 Å². The Bertz CT molecular complexity index is 691. The van der Waals surface area contributed by atoms with Crippen LogP contribution in [-0.2, 0) is 28.6 Å². The summed E-state index contributed by atoms with van der Waals surface area (Å²) < 4.78 is 16.5. The van der Waals surface area contributed by atoms with Crippen LogP contribution in [-0.4, -0.2) is 37.2 Å². The van der Waals surface area contributed by atoms with Gasteiger partial charge in [-0.05, 0) is 31.1 Å². The lowest BCUT2D eigenvalue weighted by molar-refractivity contribution is -0.167. The summed E-state index contributed by atoms with van der Waals surface area (Å²) >= 11 is 0. The van der Waals surface area contributed by atoms with Crippen LogP contribution in [0.1, 0.15) is 202 Å². The molecule has 0 aromatic heterocycles. The molecule has 0 radical (unpaired) electrons. The topological polar surface area (TPSA) is 78.9 Å². The summed E-state index contributed by atoms with van der Waals surface area (Å²) in [7, 11) is 0. The second-order valence-corrected chi connectivity index (χ2v) is 13.9. The maximum Gasteiger partial charge on any atom is 0.306 e. The molecule has 0 saturated carbocycles. The van der Waals surface area contributed by atoms with Gasteiger partial charge in [-0.2, -0.15) is 0 Å². The molecule has 2 atom stereocenters. The van der Waals surface area contributed by atoms with Crippen molar-refractivity contribution in [3.8, 4) is 0 Å². The molecule has 266 valence electrons. The third kappa shape index (κ3) is 32.2. The monoisotopic (exact) mass is 639 g/mol. The van der Waals surface area contributed by atoms with Gasteiger partial charge in [-0.15, -0.1) is 0 Å².